The van der Waals surface area contributed by atoms with Gasteiger partial charge in [-0.05, 0) is 25.0 Å². The number of hydrogen-bond acceptors (Lipinski definition) is 4. The Morgan fingerprint density at radius 3 is 2.83 bits per heavy atom. The SMILES string of the molecule is CCOc1ncccc1NC(=O)C(CN)C(C)C. The average Bonchev–Trinajstić information content (AvgIpc) is 2.32. The molecule has 0 saturated carbocycles. The molecule has 0 spiro atoms. The molecule has 100 valence electrons. The lowest BCUT2D eigenvalue weighted by atomic mass is 9.95. The Bertz CT molecular complexity index is 394. The summed E-state index contributed by atoms with van der Waals surface area (Å²) in [6.45, 7) is 6.66. The molecule has 1 rings (SSSR count). The predicted octanol–water partition coefficient (Wildman–Crippen LogP) is 1.65. The van der Waals surface area contributed by atoms with Crippen LogP contribution in [0.1, 0.15) is 20.8 Å². The maximum absolute atomic E-state index is 12.1. The summed E-state index contributed by atoms with van der Waals surface area (Å²) in [7, 11) is 0. The van der Waals surface area contributed by atoms with E-state index in [2.05, 4.69) is 10.3 Å². The van der Waals surface area contributed by atoms with Crippen molar-refractivity contribution in [1.82, 2.24) is 4.98 Å². The summed E-state index contributed by atoms with van der Waals surface area (Å²) in [6, 6.07) is 3.52. The van der Waals surface area contributed by atoms with Crippen LogP contribution >= 0.6 is 0 Å². The number of aromatic nitrogens is 1. The van der Waals surface area contributed by atoms with Crippen LogP contribution in [0.2, 0.25) is 0 Å². The largest absolute Gasteiger partial charge is 0.476 e. The molecule has 1 unspecified atom stereocenters. The van der Waals surface area contributed by atoms with Crippen LogP contribution in [0.5, 0.6) is 5.88 Å². The number of anilines is 1. The molecule has 0 aliphatic heterocycles. The number of carbonyl (C=O) groups excluding carboxylic acids is 1. The van der Waals surface area contributed by atoms with Crippen molar-refractivity contribution in [2.24, 2.45) is 17.6 Å². The van der Waals surface area contributed by atoms with Gasteiger partial charge in [0.2, 0.25) is 11.8 Å². The van der Waals surface area contributed by atoms with Gasteiger partial charge in [0.05, 0.1) is 12.5 Å². The number of carbonyl (C=O) groups is 1. The van der Waals surface area contributed by atoms with Gasteiger partial charge in [-0.3, -0.25) is 4.79 Å². The lowest BCUT2D eigenvalue weighted by Gasteiger charge is -2.19. The minimum atomic E-state index is -0.209. The van der Waals surface area contributed by atoms with E-state index in [4.69, 9.17) is 10.5 Å². The van der Waals surface area contributed by atoms with E-state index in [0.29, 0.717) is 24.7 Å². The molecule has 0 aliphatic rings. The van der Waals surface area contributed by atoms with Gasteiger partial charge in [0.25, 0.3) is 0 Å². The van der Waals surface area contributed by atoms with E-state index in [1.807, 2.05) is 20.8 Å². The van der Waals surface area contributed by atoms with Crippen molar-refractivity contribution in [2.45, 2.75) is 20.8 Å². The first-order valence-corrected chi connectivity index (χ1v) is 6.18. The highest BCUT2D eigenvalue weighted by atomic mass is 16.5. The van der Waals surface area contributed by atoms with Gasteiger partial charge < -0.3 is 15.8 Å². The maximum atomic E-state index is 12.1. The highest BCUT2D eigenvalue weighted by molar-refractivity contribution is 5.93. The molecular weight excluding hydrogens is 230 g/mol. The quantitative estimate of drug-likeness (QED) is 0.806. The van der Waals surface area contributed by atoms with Gasteiger partial charge in [-0.15, -0.1) is 0 Å². The van der Waals surface area contributed by atoms with Gasteiger partial charge in [0.15, 0.2) is 0 Å². The van der Waals surface area contributed by atoms with E-state index in [1.165, 1.54) is 0 Å². The molecule has 0 aliphatic carbocycles. The molecule has 0 bridgehead atoms. The van der Waals surface area contributed by atoms with E-state index in [-0.39, 0.29) is 17.7 Å². The van der Waals surface area contributed by atoms with E-state index in [9.17, 15) is 4.79 Å². The third kappa shape index (κ3) is 3.70. The van der Waals surface area contributed by atoms with Crippen LogP contribution in [0.25, 0.3) is 0 Å². The molecule has 1 aromatic rings. The van der Waals surface area contributed by atoms with Gasteiger partial charge in [-0.2, -0.15) is 0 Å². The zero-order valence-electron chi connectivity index (χ0n) is 11.1. The van der Waals surface area contributed by atoms with Crippen LogP contribution < -0.4 is 15.8 Å². The second-order valence-electron chi connectivity index (χ2n) is 4.36. The molecule has 0 fully saturated rings. The van der Waals surface area contributed by atoms with Crippen molar-refractivity contribution in [3.8, 4) is 5.88 Å². The molecule has 0 radical (unpaired) electrons. The molecule has 1 atom stereocenters. The van der Waals surface area contributed by atoms with E-state index in [0.717, 1.165) is 0 Å². The molecule has 1 heterocycles. The predicted molar refractivity (Wildman–Crippen MR) is 71.4 cm³/mol. The fourth-order valence-corrected chi connectivity index (χ4v) is 1.65. The maximum Gasteiger partial charge on any atom is 0.237 e. The number of amides is 1. The molecule has 18 heavy (non-hydrogen) atoms. The standard InChI is InChI=1S/C13H21N3O2/c1-4-18-13-11(6-5-7-15-13)16-12(17)10(8-14)9(2)3/h5-7,9-10H,4,8,14H2,1-3H3,(H,16,17). The monoisotopic (exact) mass is 251 g/mol. The van der Waals surface area contributed by atoms with Crippen molar-refractivity contribution in [2.75, 3.05) is 18.5 Å². The van der Waals surface area contributed by atoms with Crippen molar-refractivity contribution in [3.63, 3.8) is 0 Å². The minimum Gasteiger partial charge on any atom is -0.476 e. The summed E-state index contributed by atoms with van der Waals surface area (Å²) >= 11 is 0. The van der Waals surface area contributed by atoms with E-state index >= 15 is 0 Å². The zero-order valence-corrected chi connectivity index (χ0v) is 11.1. The second kappa shape index (κ2) is 6.96. The number of pyridine rings is 1. The highest BCUT2D eigenvalue weighted by Crippen LogP contribution is 2.22. The third-order valence-electron chi connectivity index (χ3n) is 2.71. The first kappa shape index (κ1) is 14.4. The summed E-state index contributed by atoms with van der Waals surface area (Å²) in [6.07, 6.45) is 1.63. The first-order chi connectivity index (χ1) is 8.60. The topological polar surface area (TPSA) is 77.2 Å². The number of nitrogens with zero attached hydrogens (tertiary/aromatic N) is 1. The molecule has 1 amide bonds. The Morgan fingerprint density at radius 2 is 2.28 bits per heavy atom. The Labute approximate surface area is 108 Å². The Morgan fingerprint density at radius 1 is 1.56 bits per heavy atom. The van der Waals surface area contributed by atoms with Crippen LogP contribution in [0, 0.1) is 11.8 Å². The fraction of sp³-hybridized carbons (Fsp3) is 0.538. The lowest BCUT2D eigenvalue weighted by Crippen LogP contribution is -2.33. The second-order valence-corrected chi connectivity index (χ2v) is 4.36. The number of hydrogen-bond donors (Lipinski definition) is 2. The molecule has 0 saturated heterocycles. The molecule has 5 heteroatoms. The smallest absolute Gasteiger partial charge is 0.237 e. The van der Waals surface area contributed by atoms with Crippen LogP contribution in [0.15, 0.2) is 18.3 Å². The van der Waals surface area contributed by atoms with Crippen LogP contribution in [-0.2, 0) is 4.79 Å². The fourth-order valence-electron chi connectivity index (χ4n) is 1.65. The van der Waals surface area contributed by atoms with Crippen molar-refractivity contribution < 1.29 is 9.53 Å². The summed E-state index contributed by atoms with van der Waals surface area (Å²) in [5, 5.41) is 2.82. The number of nitrogens with two attached hydrogens (primary N) is 1. The Balaban J connectivity index is 2.80. The molecular formula is C13H21N3O2. The number of ether oxygens (including phenoxy) is 1. The number of nitrogens with one attached hydrogen (secondary N) is 1. The molecule has 3 N–H and O–H groups in total. The van der Waals surface area contributed by atoms with Crippen LogP contribution in [-0.4, -0.2) is 24.0 Å². The third-order valence-corrected chi connectivity index (χ3v) is 2.71. The molecule has 5 nitrogen and oxygen atoms in total. The Kier molecular flexibility index (Phi) is 5.58. The normalized spacial score (nSPS) is 12.3. The first-order valence-electron chi connectivity index (χ1n) is 6.18. The zero-order chi connectivity index (χ0) is 13.5. The van der Waals surface area contributed by atoms with Crippen LogP contribution in [0.4, 0.5) is 5.69 Å². The molecule has 0 aromatic carbocycles. The van der Waals surface area contributed by atoms with Crippen molar-refractivity contribution >= 4 is 11.6 Å². The number of rotatable bonds is 6. The van der Waals surface area contributed by atoms with E-state index in [1.54, 1.807) is 18.3 Å². The summed E-state index contributed by atoms with van der Waals surface area (Å²) in [5.74, 6) is 0.330. The van der Waals surface area contributed by atoms with Crippen LogP contribution in [0.3, 0.4) is 0 Å². The summed E-state index contributed by atoms with van der Waals surface area (Å²) in [4.78, 5) is 16.2. The van der Waals surface area contributed by atoms with Gasteiger partial charge in [-0.1, -0.05) is 13.8 Å². The van der Waals surface area contributed by atoms with Gasteiger partial charge in [-0.25, -0.2) is 4.98 Å². The van der Waals surface area contributed by atoms with Crippen molar-refractivity contribution in [3.05, 3.63) is 18.3 Å². The highest BCUT2D eigenvalue weighted by Gasteiger charge is 2.21. The molecule has 1 aromatic heterocycles. The minimum absolute atomic E-state index is 0.0959. The lowest BCUT2D eigenvalue weighted by molar-refractivity contribution is -0.120. The van der Waals surface area contributed by atoms with Gasteiger partial charge in [0.1, 0.15) is 5.69 Å². The average molecular weight is 251 g/mol. The Hall–Kier alpha value is -1.62. The summed E-state index contributed by atoms with van der Waals surface area (Å²) in [5.41, 5.74) is 6.20. The van der Waals surface area contributed by atoms with Gasteiger partial charge in [0, 0.05) is 12.7 Å². The van der Waals surface area contributed by atoms with E-state index < -0.39 is 0 Å². The summed E-state index contributed by atoms with van der Waals surface area (Å²) < 4.78 is 5.35. The van der Waals surface area contributed by atoms with Gasteiger partial charge >= 0.3 is 0 Å². The van der Waals surface area contributed by atoms with Crippen molar-refractivity contribution in [1.29, 1.82) is 0 Å².